The molecule has 0 N–H and O–H groups in total. The van der Waals surface area contributed by atoms with Gasteiger partial charge >= 0.3 is 0 Å². The van der Waals surface area contributed by atoms with Crippen molar-refractivity contribution >= 4 is 0 Å². The Hall–Kier alpha value is -0.240. The number of rotatable bonds is 9. The van der Waals surface area contributed by atoms with Crippen LogP contribution in [0.15, 0.2) is 0 Å². The summed E-state index contributed by atoms with van der Waals surface area (Å²) in [6.45, 7) is 0. The molecule has 0 aromatic carbocycles. The Bertz CT molecular complexity index is 2900. The first kappa shape index (κ1) is 74.1. The van der Waals surface area contributed by atoms with Crippen molar-refractivity contribution in [2.24, 2.45) is 130 Å². The predicted molar refractivity (Wildman–Crippen MR) is 442 cm³/mol. The molecule has 6 aliphatic heterocycles. The van der Waals surface area contributed by atoms with E-state index in [2.05, 4.69) is 19.6 Å². The highest BCUT2D eigenvalue weighted by molar-refractivity contribution is 5.15. The van der Waals surface area contributed by atoms with Crippen LogP contribution in [0.3, 0.4) is 0 Å². The normalized spacial score (nSPS) is 53.2. The third-order valence-electron chi connectivity index (χ3n) is 42.4. The summed E-state index contributed by atoms with van der Waals surface area (Å²) in [4.78, 5) is 13.4. The lowest BCUT2D eigenvalue weighted by Gasteiger charge is -2.50. The average molecular weight is 1480 g/mol. The molecule has 0 spiro atoms. The van der Waals surface area contributed by atoms with E-state index in [9.17, 15) is 0 Å². The van der Waals surface area contributed by atoms with Crippen LogP contribution in [0.2, 0.25) is 0 Å². The summed E-state index contributed by atoms with van der Waals surface area (Å²) in [5.41, 5.74) is 0. The third-order valence-corrected chi connectivity index (χ3v) is 42.4. The monoisotopic (exact) mass is 1480 g/mol. The first-order valence-electron chi connectivity index (χ1n) is 51.9. The topological polar surface area (TPSA) is 31.4 Å². The van der Waals surface area contributed by atoms with Crippen molar-refractivity contribution in [2.45, 2.75) is 508 Å². The van der Waals surface area contributed by atoms with E-state index in [1.54, 1.807) is 238 Å². The van der Waals surface area contributed by atoms with Crippen LogP contribution in [0.5, 0.6) is 0 Å². The van der Waals surface area contributed by atoms with Gasteiger partial charge in [0.1, 0.15) is 0 Å². The molecule has 606 valence electrons. The van der Waals surface area contributed by atoms with E-state index in [1.165, 1.54) is 173 Å². The zero-order valence-electron chi connectivity index (χ0n) is 69.8. The van der Waals surface area contributed by atoms with Crippen LogP contribution in [-0.2, 0) is 9.47 Å². The van der Waals surface area contributed by atoms with Gasteiger partial charge in [-0.15, -0.1) is 0 Å². The van der Waals surface area contributed by atoms with Gasteiger partial charge in [-0.05, 0) is 368 Å². The van der Waals surface area contributed by atoms with Gasteiger partial charge in [0.25, 0.3) is 0 Å². The first-order chi connectivity index (χ1) is 53.5. The summed E-state index contributed by atoms with van der Waals surface area (Å²) in [5, 5.41) is 0. The van der Waals surface area contributed by atoms with E-state index in [0.717, 1.165) is 203 Å². The quantitative estimate of drug-likeness (QED) is 0.229. The van der Waals surface area contributed by atoms with Crippen molar-refractivity contribution in [3.05, 3.63) is 0 Å². The molecule has 6 saturated heterocycles. The van der Waals surface area contributed by atoms with Crippen LogP contribution in [-0.4, -0.2) is 117 Å². The van der Waals surface area contributed by atoms with Gasteiger partial charge in [-0.25, -0.2) is 0 Å². The van der Waals surface area contributed by atoms with Crippen molar-refractivity contribution in [1.29, 1.82) is 0 Å². The summed E-state index contributed by atoms with van der Waals surface area (Å²) >= 11 is 0. The molecular formula is C102H166N4O2. The highest BCUT2D eigenvalue weighted by atomic mass is 16.5. The standard InChI is InChI=1S/C54H88N2O.C48H78N2O/c1-3-13-35(14-4-1)39-29-40(36-15-5-2-6-16-36)31-42(30-39)56-50-21-11-8-18-44(50)47-33-38(24-27-52(47)56)37-23-26-51-46(32-37)43-17-7-10-20-49(43)55(51)41-25-28-54-48(34-41)45-19-9-12-22-53(45)57-54;1-2-10-31(11-3-1)32-18-22-35(23-19-32)49-43-15-7-4-12-37(43)40-28-33(20-25-45(40)49)34-21-26-46-41(29-34)38-13-5-8-16-44(38)50(46)36-24-27-48-42(30-36)39-14-6-9-17-47(39)51-48/h35-54H,1-34H2;31-48H,1-30H2. The number of nitrogens with zero attached hydrogens (tertiary/aromatic N) is 4. The van der Waals surface area contributed by atoms with Crippen molar-refractivity contribution in [3.63, 3.8) is 0 Å². The van der Waals surface area contributed by atoms with Crippen molar-refractivity contribution < 1.29 is 9.47 Å². The average Bonchev–Trinajstić information content (AvgIpc) is 1.59. The summed E-state index contributed by atoms with van der Waals surface area (Å²) in [6.07, 6.45) is 101. The Morgan fingerprint density at radius 2 is 0.389 bits per heavy atom. The zero-order valence-corrected chi connectivity index (χ0v) is 69.8. The van der Waals surface area contributed by atoms with Crippen molar-refractivity contribution in [2.75, 3.05) is 0 Å². The Kier molecular flexibility index (Phi) is 22.3. The van der Waals surface area contributed by atoms with Crippen LogP contribution in [0.4, 0.5) is 0 Å². The molecule has 0 aromatic rings. The maximum atomic E-state index is 6.82. The molecule has 0 amide bonds. The van der Waals surface area contributed by atoms with Gasteiger partial charge in [0.2, 0.25) is 0 Å². The SMILES string of the molecule is C1CCC(C2CC(C3CCCCC3)CC(N3C4CCCCC4C4CC(C5CCC6C(C5)C5CCCCC5N6C5CCC6OC7CCCCC7C6C5)CCC43)C2)CC1.C1CCC(C2CCC(N3C4CCCCC4C4CC(C5CCC6C(C5)C5CCCCC5N6C5CCC6OC7CCCCC7C6C5)CCC43)CC2)CC1. The maximum Gasteiger partial charge on any atom is 0.0612 e. The summed E-state index contributed by atoms with van der Waals surface area (Å²) < 4.78 is 13.6. The van der Waals surface area contributed by atoms with Crippen LogP contribution in [0.25, 0.3) is 0 Å². The molecule has 6 heteroatoms. The molecule has 17 aliphatic carbocycles. The number of ether oxygens (including phenoxy) is 2. The Balaban J connectivity index is 0.000000135. The number of likely N-dealkylation sites (tertiary alicyclic amines) is 4. The molecule has 32 atom stereocenters. The minimum absolute atomic E-state index is 0.616. The lowest BCUT2D eigenvalue weighted by Crippen LogP contribution is -2.52. The molecule has 0 radical (unpaired) electrons. The number of hydrogen-bond donors (Lipinski definition) is 0. The fourth-order valence-corrected chi connectivity index (χ4v) is 38.3. The van der Waals surface area contributed by atoms with E-state index in [4.69, 9.17) is 9.47 Å². The van der Waals surface area contributed by atoms with Gasteiger partial charge in [0, 0.05) is 72.5 Å². The van der Waals surface area contributed by atoms with Gasteiger partial charge in [-0.2, -0.15) is 0 Å². The molecule has 23 aliphatic rings. The van der Waals surface area contributed by atoms with E-state index >= 15 is 0 Å². The molecule has 108 heavy (non-hydrogen) atoms. The van der Waals surface area contributed by atoms with Gasteiger partial charge in [-0.3, -0.25) is 19.6 Å². The molecule has 23 rings (SSSR count). The zero-order chi connectivity index (χ0) is 70.9. The van der Waals surface area contributed by atoms with E-state index in [1.807, 2.05) is 0 Å². The highest BCUT2D eigenvalue weighted by Gasteiger charge is 2.63. The van der Waals surface area contributed by atoms with E-state index < -0.39 is 0 Å². The molecule has 17 saturated carbocycles. The first-order valence-corrected chi connectivity index (χ1v) is 51.9. The summed E-state index contributed by atoms with van der Waals surface area (Å²) in [5.74, 6) is 22.6. The van der Waals surface area contributed by atoms with Crippen molar-refractivity contribution in [1.82, 2.24) is 19.6 Å². The maximum absolute atomic E-state index is 6.82. The van der Waals surface area contributed by atoms with Gasteiger partial charge < -0.3 is 9.47 Å². The second-order valence-corrected chi connectivity index (χ2v) is 46.3. The highest BCUT2D eigenvalue weighted by Crippen LogP contribution is 2.64. The molecule has 23 fully saturated rings. The minimum atomic E-state index is 0.616. The molecule has 32 unspecified atom stereocenters. The van der Waals surface area contributed by atoms with Gasteiger partial charge in [0.05, 0.1) is 24.4 Å². The van der Waals surface area contributed by atoms with Crippen LogP contribution >= 0.6 is 0 Å². The predicted octanol–water partition coefficient (Wildman–Crippen LogP) is 24.9. The summed E-state index contributed by atoms with van der Waals surface area (Å²) in [6, 6.07) is 11.2. The number of hydrogen-bond acceptors (Lipinski definition) is 6. The molecule has 6 nitrogen and oxygen atoms in total. The number of fused-ring (bicyclic) bond motifs is 18. The fraction of sp³-hybridized carbons (Fsp3) is 1.00. The van der Waals surface area contributed by atoms with E-state index in [0.29, 0.717) is 24.4 Å². The second-order valence-electron chi connectivity index (χ2n) is 46.3. The fourth-order valence-electron chi connectivity index (χ4n) is 38.3. The van der Waals surface area contributed by atoms with E-state index in [-0.39, 0.29) is 0 Å². The smallest absolute Gasteiger partial charge is 0.0612 e. The Morgan fingerprint density at radius 1 is 0.130 bits per heavy atom. The Labute approximate surface area is 663 Å². The third kappa shape index (κ3) is 13.8. The molecular weight excluding hydrogens is 1310 g/mol. The molecule has 0 aromatic heterocycles. The lowest BCUT2D eigenvalue weighted by molar-refractivity contribution is -0.0196. The minimum Gasteiger partial charge on any atom is -0.374 e. The molecule has 6 heterocycles. The largest absolute Gasteiger partial charge is 0.374 e. The van der Waals surface area contributed by atoms with Gasteiger partial charge in [0.15, 0.2) is 0 Å². The Morgan fingerprint density at radius 3 is 0.759 bits per heavy atom. The van der Waals surface area contributed by atoms with Gasteiger partial charge in [-0.1, -0.05) is 173 Å². The van der Waals surface area contributed by atoms with Crippen LogP contribution in [0.1, 0.15) is 411 Å². The van der Waals surface area contributed by atoms with Crippen LogP contribution < -0.4 is 0 Å². The van der Waals surface area contributed by atoms with Crippen molar-refractivity contribution in [3.8, 4) is 0 Å². The van der Waals surface area contributed by atoms with Crippen LogP contribution in [0, 0.1) is 130 Å². The molecule has 0 bridgehead atoms. The second kappa shape index (κ2) is 32.5. The summed E-state index contributed by atoms with van der Waals surface area (Å²) in [7, 11) is 0. The lowest BCUT2D eigenvalue weighted by atomic mass is 9.62.